The van der Waals surface area contributed by atoms with Gasteiger partial charge < -0.3 is 10.2 Å². The molecule has 1 N–H and O–H groups in total. The molecule has 3 aromatic heterocycles. The number of aryl methyl sites for hydroxylation is 1. The molecule has 0 spiro atoms. The van der Waals surface area contributed by atoms with E-state index in [0.717, 1.165) is 22.0 Å². The van der Waals surface area contributed by atoms with E-state index in [9.17, 15) is 9.59 Å². The van der Waals surface area contributed by atoms with Crippen molar-refractivity contribution in [1.29, 1.82) is 0 Å². The lowest BCUT2D eigenvalue weighted by Crippen LogP contribution is -2.40. The minimum Gasteiger partial charge on any atom is -0.343 e. The molecule has 8 nitrogen and oxygen atoms in total. The SMILES string of the molecule is CC(=O)N1CCC(C(=O)Nc2cc3cc(-c4cnn(C)c4)ncc3cn2)CC1. The van der Waals surface area contributed by atoms with Crippen molar-refractivity contribution in [2.24, 2.45) is 13.0 Å². The fourth-order valence-electron chi connectivity index (χ4n) is 3.50. The largest absolute Gasteiger partial charge is 0.343 e. The number of carbonyl (C=O) groups excluding carboxylic acids is 2. The molecule has 8 heteroatoms. The van der Waals surface area contributed by atoms with Gasteiger partial charge in [-0.3, -0.25) is 19.3 Å². The van der Waals surface area contributed by atoms with E-state index in [1.54, 1.807) is 35.1 Å². The van der Waals surface area contributed by atoms with Gasteiger partial charge in [0.1, 0.15) is 5.82 Å². The number of rotatable bonds is 3. The quantitative estimate of drug-likeness (QED) is 0.754. The van der Waals surface area contributed by atoms with Crippen LogP contribution in [0.2, 0.25) is 0 Å². The zero-order chi connectivity index (χ0) is 19.7. The summed E-state index contributed by atoms with van der Waals surface area (Å²) in [6.07, 6.45) is 8.51. The Labute approximate surface area is 162 Å². The first-order valence-electron chi connectivity index (χ1n) is 9.31. The lowest BCUT2D eigenvalue weighted by Gasteiger charge is -2.30. The fourth-order valence-corrected chi connectivity index (χ4v) is 3.50. The Balaban J connectivity index is 1.49. The predicted molar refractivity (Wildman–Crippen MR) is 105 cm³/mol. The molecule has 0 atom stereocenters. The molecule has 1 saturated heterocycles. The third-order valence-corrected chi connectivity index (χ3v) is 5.17. The van der Waals surface area contributed by atoms with Gasteiger partial charge in [0.05, 0.1) is 11.9 Å². The molecule has 1 fully saturated rings. The summed E-state index contributed by atoms with van der Waals surface area (Å²) in [5, 5.41) is 8.95. The molecule has 3 aromatic rings. The molecule has 0 saturated carbocycles. The van der Waals surface area contributed by atoms with Crippen LogP contribution >= 0.6 is 0 Å². The number of piperidine rings is 1. The van der Waals surface area contributed by atoms with Crippen LogP contribution in [0.4, 0.5) is 5.82 Å². The van der Waals surface area contributed by atoms with Crippen LogP contribution in [0.3, 0.4) is 0 Å². The summed E-state index contributed by atoms with van der Waals surface area (Å²) < 4.78 is 1.73. The molecule has 0 radical (unpaired) electrons. The van der Waals surface area contributed by atoms with E-state index in [0.29, 0.717) is 31.7 Å². The summed E-state index contributed by atoms with van der Waals surface area (Å²) in [6.45, 7) is 2.81. The Hall–Kier alpha value is -3.29. The topological polar surface area (TPSA) is 93.0 Å². The number of carbonyl (C=O) groups is 2. The van der Waals surface area contributed by atoms with E-state index < -0.39 is 0 Å². The predicted octanol–water partition coefficient (Wildman–Crippen LogP) is 2.23. The van der Waals surface area contributed by atoms with Gasteiger partial charge in [0.2, 0.25) is 11.8 Å². The summed E-state index contributed by atoms with van der Waals surface area (Å²) in [6, 6.07) is 3.83. The number of amides is 2. The molecular weight excluding hydrogens is 356 g/mol. The molecule has 144 valence electrons. The molecule has 0 aliphatic carbocycles. The standard InChI is InChI=1S/C20H22N6O2/c1-13(27)26-5-3-14(4-6-26)20(28)24-19-8-15-7-18(17-11-23-25(2)12-17)21-9-16(15)10-22-19/h7-12,14H,3-6H2,1-2H3,(H,22,24,28). The monoisotopic (exact) mass is 378 g/mol. The van der Waals surface area contributed by atoms with Gasteiger partial charge in [-0.05, 0) is 30.4 Å². The number of hydrogen-bond acceptors (Lipinski definition) is 5. The first-order chi connectivity index (χ1) is 13.5. The van der Waals surface area contributed by atoms with Gasteiger partial charge in [-0.2, -0.15) is 5.10 Å². The van der Waals surface area contributed by atoms with Gasteiger partial charge in [-0.25, -0.2) is 4.98 Å². The van der Waals surface area contributed by atoms with Crippen molar-refractivity contribution in [1.82, 2.24) is 24.6 Å². The Morgan fingerprint density at radius 1 is 1.07 bits per heavy atom. The number of hydrogen-bond donors (Lipinski definition) is 1. The molecule has 28 heavy (non-hydrogen) atoms. The van der Waals surface area contributed by atoms with Crippen LogP contribution in [0.5, 0.6) is 0 Å². The number of likely N-dealkylation sites (tertiary alicyclic amines) is 1. The van der Waals surface area contributed by atoms with E-state index in [1.165, 1.54) is 0 Å². The zero-order valence-corrected chi connectivity index (χ0v) is 15.9. The highest BCUT2D eigenvalue weighted by Crippen LogP contribution is 2.24. The maximum absolute atomic E-state index is 12.6. The van der Waals surface area contributed by atoms with Crippen molar-refractivity contribution in [2.75, 3.05) is 18.4 Å². The molecular formula is C20H22N6O2. The smallest absolute Gasteiger partial charge is 0.228 e. The van der Waals surface area contributed by atoms with Crippen molar-refractivity contribution >= 4 is 28.4 Å². The third-order valence-electron chi connectivity index (χ3n) is 5.17. The van der Waals surface area contributed by atoms with E-state index >= 15 is 0 Å². The number of nitrogens with one attached hydrogen (secondary N) is 1. The van der Waals surface area contributed by atoms with Crippen molar-refractivity contribution in [3.05, 3.63) is 36.9 Å². The van der Waals surface area contributed by atoms with Crippen LogP contribution in [0.1, 0.15) is 19.8 Å². The number of fused-ring (bicyclic) bond motifs is 1. The van der Waals surface area contributed by atoms with Gasteiger partial charge in [0.25, 0.3) is 0 Å². The number of aromatic nitrogens is 4. The Morgan fingerprint density at radius 3 is 2.50 bits per heavy atom. The summed E-state index contributed by atoms with van der Waals surface area (Å²) in [7, 11) is 1.86. The second-order valence-electron chi connectivity index (χ2n) is 7.16. The third kappa shape index (κ3) is 3.71. The second-order valence-corrected chi connectivity index (χ2v) is 7.16. The fraction of sp³-hybridized carbons (Fsp3) is 0.350. The summed E-state index contributed by atoms with van der Waals surface area (Å²) >= 11 is 0. The highest BCUT2D eigenvalue weighted by Gasteiger charge is 2.26. The average molecular weight is 378 g/mol. The van der Waals surface area contributed by atoms with E-state index in [1.807, 2.05) is 25.4 Å². The highest BCUT2D eigenvalue weighted by atomic mass is 16.2. The number of anilines is 1. The molecule has 4 rings (SSSR count). The second kappa shape index (κ2) is 7.38. The van der Waals surface area contributed by atoms with E-state index in [-0.39, 0.29) is 17.7 Å². The highest BCUT2D eigenvalue weighted by molar-refractivity contribution is 5.94. The normalized spacial score (nSPS) is 15.0. The van der Waals surface area contributed by atoms with Crippen LogP contribution in [0.15, 0.2) is 36.9 Å². The molecule has 4 heterocycles. The van der Waals surface area contributed by atoms with Crippen LogP contribution < -0.4 is 5.32 Å². The lowest BCUT2D eigenvalue weighted by molar-refractivity contribution is -0.132. The molecule has 0 unspecified atom stereocenters. The number of nitrogens with zero attached hydrogens (tertiary/aromatic N) is 5. The summed E-state index contributed by atoms with van der Waals surface area (Å²) in [4.78, 5) is 34.6. The van der Waals surface area contributed by atoms with Crippen LogP contribution in [-0.4, -0.2) is 49.6 Å². The average Bonchev–Trinajstić information content (AvgIpc) is 3.14. The molecule has 0 aromatic carbocycles. The van der Waals surface area contributed by atoms with Crippen LogP contribution in [-0.2, 0) is 16.6 Å². The van der Waals surface area contributed by atoms with Gasteiger partial charge in [0.15, 0.2) is 0 Å². The van der Waals surface area contributed by atoms with Gasteiger partial charge >= 0.3 is 0 Å². The molecule has 0 bridgehead atoms. The van der Waals surface area contributed by atoms with Gasteiger partial charge in [0, 0.05) is 62.5 Å². The lowest BCUT2D eigenvalue weighted by atomic mass is 9.96. The Morgan fingerprint density at radius 2 is 1.82 bits per heavy atom. The van der Waals surface area contributed by atoms with Gasteiger partial charge in [-0.1, -0.05) is 0 Å². The molecule has 2 amide bonds. The maximum atomic E-state index is 12.6. The Kier molecular flexibility index (Phi) is 4.77. The first-order valence-corrected chi connectivity index (χ1v) is 9.31. The number of pyridine rings is 2. The van der Waals surface area contributed by atoms with Crippen LogP contribution in [0, 0.1) is 5.92 Å². The summed E-state index contributed by atoms with van der Waals surface area (Å²) in [5.41, 5.74) is 1.75. The van der Waals surface area contributed by atoms with Crippen molar-refractivity contribution in [3.63, 3.8) is 0 Å². The van der Waals surface area contributed by atoms with Crippen molar-refractivity contribution in [2.45, 2.75) is 19.8 Å². The van der Waals surface area contributed by atoms with Gasteiger partial charge in [-0.15, -0.1) is 0 Å². The minimum atomic E-state index is -0.100. The summed E-state index contributed by atoms with van der Waals surface area (Å²) in [5.74, 6) is 0.441. The zero-order valence-electron chi connectivity index (χ0n) is 15.9. The first kappa shape index (κ1) is 18.1. The Bertz CT molecular complexity index is 1040. The maximum Gasteiger partial charge on any atom is 0.228 e. The van der Waals surface area contributed by atoms with E-state index in [2.05, 4.69) is 20.4 Å². The molecule has 1 aliphatic rings. The van der Waals surface area contributed by atoms with E-state index in [4.69, 9.17) is 0 Å². The minimum absolute atomic E-state index is 0.0448. The van der Waals surface area contributed by atoms with Crippen LogP contribution in [0.25, 0.3) is 22.0 Å². The van der Waals surface area contributed by atoms with Crippen molar-refractivity contribution in [3.8, 4) is 11.3 Å². The molecule has 1 aliphatic heterocycles. The van der Waals surface area contributed by atoms with Crippen molar-refractivity contribution < 1.29 is 9.59 Å².